The third-order valence-corrected chi connectivity index (χ3v) is 3.61. The zero-order valence-corrected chi connectivity index (χ0v) is 11.8. The first-order valence-corrected chi connectivity index (χ1v) is 6.84. The Morgan fingerprint density at radius 1 is 1.14 bits per heavy atom. The molecule has 0 fully saturated rings. The van der Waals surface area contributed by atoms with Gasteiger partial charge in [-0.15, -0.1) is 0 Å². The van der Waals surface area contributed by atoms with Crippen molar-refractivity contribution in [2.24, 2.45) is 0 Å². The van der Waals surface area contributed by atoms with Crippen LogP contribution in [-0.2, 0) is 4.79 Å². The highest BCUT2D eigenvalue weighted by molar-refractivity contribution is 6.34. The SMILES string of the molecule is O=C(CN1C(=O)COc2ccccc21)c1ccccc1Cl. The van der Waals surface area contributed by atoms with Crippen LogP contribution < -0.4 is 9.64 Å². The van der Waals surface area contributed by atoms with Crippen LogP contribution in [0.5, 0.6) is 5.75 Å². The fourth-order valence-electron chi connectivity index (χ4n) is 2.24. The average Bonchev–Trinajstić information content (AvgIpc) is 2.50. The molecule has 1 aliphatic heterocycles. The van der Waals surface area contributed by atoms with E-state index in [0.717, 1.165) is 0 Å². The molecule has 5 heteroatoms. The van der Waals surface area contributed by atoms with Gasteiger partial charge in [-0.25, -0.2) is 0 Å². The van der Waals surface area contributed by atoms with Crippen molar-refractivity contribution >= 4 is 29.0 Å². The second kappa shape index (κ2) is 5.58. The van der Waals surface area contributed by atoms with Crippen molar-refractivity contribution in [1.29, 1.82) is 0 Å². The topological polar surface area (TPSA) is 46.6 Å². The number of Topliss-reactive ketones (excluding diaryl/α,β-unsaturated/α-hetero) is 1. The standard InChI is InChI=1S/C16H12ClNO3/c17-12-6-2-1-5-11(12)14(19)9-18-13-7-3-4-8-15(13)21-10-16(18)20/h1-8H,9-10H2. The van der Waals surface area contributed by atoms with Gasteiger partial charge in [-0.2, -0.15) is 0 Å². The largest absolute Gasteiger partial charge is 0.482 e. The molecule has 21 heavy (non-hydrogen) atoms. The van der Waals surface area contributed by atoms with E-state index < -0.39 is 0 Å². The smallest absolute Gasteiger partial charge is 0.265 e. The summed E-state index contributed by atoms with van der Waals surface area (Å²) in [5, 5.41) is 0.386. The number of rotatable bonds is 3. The molecule has 1 amide bonds. The minimum Gasteiger partial charge on any atom is -0.482 e. The number of fused-ring (bicyclic) bond motifs is 1. The van der Waals surface area contributed by atoms with Crippen LogP contribution >= 0.6 is 11.6 Å². The molecule has 2 aromatic rings. The van der Waals surface area contributed by atoms with Crippen molar-refractivity contribution in [1.82, 2.24) is 0 Å². The van der Waals surface area contributed by atoms with Crippen LogP contribution in [0.1, 0.15) is 10.4 Å². The number of hydrogen-bond donors (Lipinski definition) is 0. The van der Waals surface area contributed by atoms with Gasteiger partial charge in [-0.1, -0.05) is 35.9 Å². The number of hydrogen-bond acceptors (Lipinski definition) is 3. The van der Waals surface area contributed by atoms with Crippen LogP contribution in [0.3, 0.4) is 0 Å². The molecule has 0 atom stereocenters. The van der Waals surface area contributed by atoms with E-state index in [1.165, 1.54) is 4.90 Å². The number of ether oxygens (including phenoxy) is 1. The first kappa shape index (κ1) is 13.6. The zero-order valence-electron chi connectivity index (χ0n) is 11.1. The fourth-order valence-corrected chi connectivity index (χ4v) is 2.48. The number of ketones is 1. The van der Waals surface area contributed by atoms with Crippen LogP contribution in [0.2, 0.25) is 5.02 Å². The molecule has 0 spiro atoms. The van der Waals surface area contributed by atoms with E-state index in [9.17, 15) is 9.59 Å². The number of carbonyl (C=O) groups excluding carboxylic acids is 2. The quantitative estimate of drug-likeness (QED) is 0.819. The van der Waals surface area contributed by atoms with Gasteiger partial charge >= 0.3 is 0 Å². The lowest BCUT2D eigenvalue weighted by molar-refractivity contribution is -0.121. The lowest BCUT2D eigenvalue weighted by Gasteiger charge is -2.28. The van der Waals surface area contributed by atoms with Crippen molar-refractivity contribution < 1.29 is 14.3 Å². The number of para-hydroxylation sites is 2. The number of amides is 1. The first-order valence-electron chi connectivity index (χ1n) is 6.47. The van der Waals surface area contributed by atoms with Crippen LogP contribution in [0.4, 0.5) is 5.69 Å². The molecule has 1 heterocycles. The van der Waals surface area contributed by atoms with E-state index in [1.54, 1.807) is 42.5 Å². The molecule has 0 saturated heterocycles. The molecule has 0 N–H and O–H groups in total. The normalized spacial score (nSPS) is 13.6. The first-order chi connectivity index (χ1) is 10.2. The molecule has 2 aromatic carbocycles. The van der Waals surface area contributed by atoms with E-state index in [-0.39, 0.29) is 24.8 Å². The summed E-state index contributed by atoms with van der Waals surface area (Å²) in [5.74, 6) is 0.156. The maximum Gasteiger partial charge on any atom is 0.265 e. The van der Waals surface area contributed by atoms with Crippen LogP contribution in [0.15, 0.2) is 48.5 Å². The highest BCUT2D eigenvalue weighted by atomic mass is 35.5. The fraction of sp³-hybridized carbons (Fsp3) is 0.125. The van der Waals surface area contributed by atoms with Gasteiger partial charge in [0.2, 0.25) is 0 Å². The number of benzene rings is 2. The Hall–Kier alpha value is -2.33. The van der Waals surface area contributed by atoms with Gasteiger partial charge in [0.25, 0.3) is 5.91 Å². The zero-order chi connectivity index (χ0) is 14.8. The monoisotopic (exact) mass is 301 g/mol. The summed E-state index contributed by atoms with van der Waals surface area (Å²) in [6, 6.07) is 14.0. The Labute approximate surface area is 126 Å². The summed E-state index contributed by atoms with van der Waals surface area (Å²) >= 11 is 6.02. The van der Waals surface area contributed by atoms with Crippen LogP contribution in [0.25, 0.3) is 0 Å². The second-order valence-electron chi connectivity index (χ2n) is 4.64. The highest BCUT2D eigenvalue weighted by Gasteiger charge is 2.27. The molecule has 0 saturated carbocycles. The average molecular weight is 302 g/mol. The Morgan fingerprint density at radius 2 is 1.86 bits per heavy atom. The van der Waals surface area contributed by atoms with Crippen molar-refractivity contribution in [3.05, 3.63) is 59.1 Å². The summed E-state index contributed by atoms with van der Waals surface area (Å²) in [6.45, 7) is -0.115. The van der Waals surface area contributed by atoms with E-state index in [2.05, 4.69) is 0 Å². The summed E-state index contributed by atoms with van der Waals surface area (Å²) in [6.07, 6.45) is 0. The molecule has 1 aliphatic rings. The van der Waals surface area contributed by atoms with Gasteiger partial charge < -0.3 is 4.74 Å². The summed E-state index contributed by atoms with van der Waals surface area (Å²) in [4.78, 5) is 25.8. The van der Waals surface area contributed by atoms with E-state index in [0.29, 0.717) is 22.0 Å². The summed E-state index contributed by atoms with van der Waals surface area (Å²) in [7, 11) is 0. The van der Waals surface area contributed by atoms with Crippen LogP contribution in [-0.4, -0.2) is 24.8 Å². The van der Waals surface area contributed by atoms with E-state index in [4.69, 9.17) is 16.3 Å². The third-order valence-electron chi connectivity index (χ3n) is 3.28. The molecule has 0 bridgehead atoms. The third kappa shape index (κ3) is 2.62. The Bertz CT molecular complexity index is 714. The molecule has 0 unspecified atom stereocenters. The van der Waals surface area contributed by atoms with Gasteiger partial charge in [-0.3, -0.25) is 14.5 Å². The van der Waals surface area contributed by atoms with Crippen molar-refractivity contribution in [2.75, 3.05) is 18.1 Å². The molecule has 4 nitrogen and oxygen atoms in total. The number of halogens is 1. The maximum absolute atomic E-state index is 12.4. The minimum atomic E-state index is -0.242. The van der Waals surface area contributed by atoms with E-state index in [1.807, 2.05) is 6.07 Å². The lowest BCUT2D eigenvalue weighted by Crippen LogP contribution is -2.42. The second-order valence-corrected chi connectivity index (χ2v) is 5.05. The predicted octanol–water partition coefficient (Wildman–Crippen LogP) is 2.95. The highest BCUT2D eigenvalue weighted by Crippen LogP contribution is 2.31. The van der Waals surface area contributed by atoms with Gasteiger partial charge in [-0.05, 0) is 24.3 Å². The molecule has 0 aromatic heterocycles. The van der Waals surface area contributed by atoms with Gasteiger partial charge in [0, 0.05) is 5.56 Å². The molecule has 3 rings (SSSR count). The van der Waals surface area contributed by atoms with Crippen molar-refractivity contribution in [3.8, 4) is 5.75 Å². The number of nitrogens with zero attached hydrogens (tertiary/aromatic N) is 1. The van der Waals surface area contributed by atoms with Crippen molar-refractivity contribution in [2.45, 2.75) is 0 Å². The predicted molar refractivity (Wildman–Crippen MR) is 80.1 cm³/mol. The number of anilines is 1. The van der Waals surface area contributed by atoms with Gasteiger partial charge in [0.05, 0.1) is 17.3 Å². The summed E-state index contributed by atoms with van der Waals surface area (Å²) in [5.41, 5.74) is 1.02. The Morgan fingerprint density at radius 3 is 2.67 bits per heavy atom. The van der Waals surface area contributed by atoms with Crippen molar-refractivity contribution in [3.63, 3.8) is 0 Å². The summed E-state index contributed by atoms with van der Waals surface area (Å²) < 4.78 is 5.35. The molecular formula is C16H12ClNO3. The molecule has 0 radical (unpaired) electrons. The lowest BCUT2D eigenvalue weighted by atomic mass is 10.1. The Kier molecular flexibility index (Phi) is 3.62. The Balaban J connectivity index is 1.89. The van der Waals surface area contributed by atoms with E-state index >= 15 is 0 Å². The molecule has 106 valence electrons. The minimum absolute atomic E-state index is 0.0526. The van der Waals surface area contributed by atoms with Crippen LogP contribution in [0, 0.1) is 0 Å². The maximum atomic E-state index is 12.4. The molecular weight excluding hydrogens is 290 g/mol. The van der Waals surface area contributed by atoms with Gasteiger partial charge in [0.15, 0.2) is 12.4 Å². The number of carbonyl (C=O) groups is 2. The molecule has 0 aliphatic carbocycles. The van der Waals surface area contributed by atoms with Gasteiger partial charge in [0.1, 0.15) is 5.75 Å².